The zero-order valence-corrected chi connectivity index (χ0v) is 12.9. The van der Waals surface area contributed by atoms with Crippen molar-refractivity contribution in [3.05, 3.63) is 71.6 Å². The van der Waals surface area contributed by atoms with E-state index in [2.05, 4.69) is 9.97 Å². The largest absolute Gasteiger partial charge is 0.256 e. The van der Waals surface area contributed by atoms with E-state index in [-0.39, 0.29) is 5.56 Å². The number of nitrogens with zero attached hydrogens (tertiary/aromatic N) is 2. The van der Waals surface area contributed by atoms with Crippen LogP contribution in [0.4, 0.5) is 13.2 Å². The van der Waals surface area contributed by atoms with Crippen LogP contribution in [0.2, 0.25) is 0 Å². The van der Waals surface area contributed by atoms with Gasteiger partial charge in [-0.3, -0.25) is 4.98 Å². The van der Waals surface area contributed by atoms with Gasteiger partial charge in [0.1, 0.15) is 0 Å². The average molecular weight is 342 g/mol. The molecule has 2 heterocycles. The minimum Gasteiger partial charge on any atom is -0.256 e. The molecule has 2 aromatic heterocycles. The summed E-state index contributed by atoms with van der Waals surface area (Å²) in [6.45, 7) is 0. The number of fused-ring (bicyclic) bond motifs is 1. The van der Waals surface area contributed by atoms with Gasteiger partial charge in [-0.1, -0.05) is 12.1 Å². The van der Waals surface area contributed by atoms with E-state index < -0.39 is 17.5 Å². The summed E-state index contributed by atoms with van der Waals surface area (Å²) in [7, 11) is 0. The molecule has 0 aliphatic rings. The number of benzene rings is 2. The molecule has 0 saturated carbocycles. The monoisotopic (exact) mass is 342 g/mol. The molecule has 6 heteroatoms. The SMILES string of the molecule is Fc1cc(-c2ncccc2-c2ccc3ncsc3c2)cc(F)c1F. The second kappa shape index (κ2) is 5.72. The van der Waals surface area contributed by atoms with Crippen molar-refractivity contribution in [3.8, 4) is 22.4 Å². The summed E-state index contributed by atoms with van der Waals surface area (Å²) in [6, 6.07) is 11.2. The zero-order valence-electron chi connectivity index (χ0n) is 12.1. The van der Waals surface area contributed by atoms with Crippen molar-refractivity contribution < 1.29 is 13.2 Å². The molecule has 0 saturated heterocycles. The molecule has 0 aliphatic heterocycles. The number of thiazole rings is 1. The summed E-state index contributed by atoms with van der Waals surface area (Å²) < 4.78 is 41.4. The van der Waals surface area contributed by atoms with E-state index in [1.54, 1.807) is 11.6 Å². The van der Waals surface area contributed by atoms with Gasteiger partial charge >= 0.3 is 0 Å². The fourth-order valence-electron chi connectivity index (χ4n) is 2.58. The topological polar surface area (TPSA) is 25.8 Å². The summed E-state index contributed by atoms with van der Waals surface area (Å²) in [5, 5.41) is 0. The highest BCUT2D eigenvalue weighted by Crippen LogP contribution is 2.33. The zero-order chi connectivity index (χ0) is 16.7. The molecule has 0 aliphatic carbocycles. The number of hydrogen-bond acceptors (Lipinski definition) is 3. The normalized spacial score (nSPS) is 11.1. The van der Waals surface area contributed by atoms with Crippen molar-refractivity contribution in [2.45, 2.75) is 0 Å². The number of halogens is 3. The van der Waals surface area contributed by atoms with Crippen LogP contribution in [-0.2, 0) is 0 Å². The summed E-state index contributed by atoms with van der Waals surface area (Å²) in [5.41, 5.74) is 4.76. The molecule has 4 aromatic rings. The Morgan fingerprint density at radius 2 is 1.62 bits per heavy atom. The molecule has 0 N–H and O–H groups in total. The predicted molar refractivity (Wildman–Crippen MR) is 88.2 cm³/mol. The second-order valence-corrected chi connectivity index (χ2v) is 6.07. The maximum absolute atomic E-state index is 13.6. The first-order valence-corrected chi connectivity index (χ1v) is 7.95. The van der Waals surface area contributed by atoms with E-state index in [0.29, 0.717) is 11.3 Å². The first-order valence-electron chi connectivity index (χ1n) is 7.07. The van der Waals surface area contributed by atoms with Gasteiger partial charge in [0.25, 0.3) is 0 Å². The van der Waals surface area contributed by atoms with E-state index in [1.165, 1.54) is 17.5 Å². The third kappa shape index (κ3) is 2.45. The lowest BCUT2D eigenvalue weighted by atomic mass is 9.99. The van der Waals surface area contributed by atoms with Gasteiger partial charge in [0, 0.05) is 17.3 Å². The van der Waals surface area contributed by atoms with Crippen molar-refractivity contribution in [3.63, 3.8) is 0 Å². The lowest BCUT2D eigenvalue weighted by Gasteiger charge is -2.10. The van der Waals surface area contributed by atoms with E-state index in [9.17, 15) is 13.2 Å². The summed E-state index contributed by atoms with van der Waals surface area (Å²) in [5.74, 6) is -3.96. The van der Waals surface area contributed by atoms with Gasteiger partial charge in [0.15, 0.2) is 17.5 Å². The number of pyridine rings is 1. The molecule has 4 rings (SSSR count). The van der Waals surface area contributed by atoms with Crippen molar-refractivity contribution in [1.82, 2.24) is 9.97 Å². The van der Waals surface area contributed by atoms with E-state index in [0.717, 1.165) is 27.9 Å². The Hall–Kier alpha value is -2.73. The summed E-state index contributed by atoms with van der Waals surface area (Å²) in [6.07, 6.45) is 1.53. The van der Waals surface area contributed by atoms with Gasteiger partial charge in [-0.15, -0.1) is 11.3 Å². The Kier molecular flexibility index (Phi) is 3.54. The fraction of sp³-hybridized carbons (Fsp3) is 0. The lowest BCUT2D eigenvalue weighted by Crippen LogP contribution is -1.95. The molecule has 0 unspecified atom stereocenters. The quantitative estimate of drug-likeness (QED) is 0.453. The second-order valence-electron chi connectivity index (χ2n) is 5.19. The highest BCUT2D eigenvalue weighted by molar-refractivity contribution is 7.16. The molecule has 24 heavy (non-hydrogen) atoms. The van der Waals surface area contributed by atoms with Gasteiger partial charge in [0.05, 0.1) is 21.4 Å². The molecule has 0 amide bonds. The molecular weight excluding hydrogens is 333 g/mol. The fourth-order valence-corrected chi connectivity index (χ4v) is 3.30. The molecule has 2 aromatic carbocycles. The highest BCUT2D eigenvalue weighted by Gasteiger charge is 2.15. The van der Waals surface area contributed by atoms with Gasteiger partial charge in [0.2, 0.25) is 0 Å². The van der Waals surface area contributed by atoms with Crippen molar-refractivity contribution in [2.24, 2.45) is 0 Å². The third-order valence-electron chi connectivity index (χ3n) is 3.71. The average Bonchev–Trinajstić information content (AvgIpc) is 3.07. The Labute approximate surface area is 139 Å². The predicted octanol–water partition coefficient (Wildman–Crippen LogP) is 5.44. The van der Waals surface area contributed by atoms with Gasteiger partial charge in [-0.25, -0.2) is 18.2 Å². The van der Waals surface area contributed by atoms with Crippen LogP contribution in [0.5, 0.6) is 0 Å². The molecule has 0 spiro atoms. The van der Waals surface area contributed by atoms with Crippen LogP contribution in [-0.4, -0.2) is 9.97 Å². The van der Waals surface area contributed by atoms with Crippen LogP contribution >= 0.6 is 11.3 Å². The van der Waals surface area contributed by atoms with E-state index in [4.69, 9.17) is 0 Å². The minimum atomic E-state index is -1.48. The first-order chi connectivity index (χ1) is 11.6. The summed E-state index contributed by atoms with van der Waals surface area (Å²) >= 11 is 1.50. The van der Waals surface area contributed by atoms with Crippen LogP contribution in [0, 0.1) is 17.5 Å². The van der Waals surface area contributed by atoms with Crippen molar-refractivity contribution in [1.29, 1.82) is 0 Å². The van der Waals surface area contributed by atoms with Crippen LogP contribution in [0.15, 0.2) is 54.2 Å². The smallest absolute Gasteiger partial charge is 0.194 e. The molecular formula is C18H9F3N2S. The molecule has 2 nitrogen and oxygen atoms in total. The first kappa shape index (κ1) is 14.8. The maximum Gasteiger partial charge on any atom is 0.194 e. The van der Waals surface area contributed by atoms with Crippen molar-refractivity contribution >= 4 is 21.6 Å². The van der Waals surface area contributed by atoms with E-state index in [1.807, 2.05) is 24.3 Å². The Bertz CT molecular complexity index is 1040. The van der Waals surface area contributed by atoms with Gasteiger partial charge < -0.3 is 0 Å². The molecule has 118 valence electrons. The summed E-state index contributed by atoms with van der Waals surface area (Å²) in [4.78, 5) is 8.47. The Morgan fingerprint density at radius 1 is 0.833 bits per heavy atom. The molecule has 0 bridgehead atoms. The molecule has 0 radical (unpaired) electrons. The Morgan fingerprint density at radius 3 is 2.42 bits per heavy atom. The molecule has 0 atom stereocenters. The minimum absolute atomic E-state index is 0.186. The van der Waals surface area contributed by atoms with Crippen LogP contribution in [0.1, 0.15) is 0 Å². The van der Waals surface area contributed by atoms with Crippen molar-refractivity contribution in [2.75, 3.05) is 0 Å². The van der Waals surface area contributed by atoms with Crippen LogP contribution < -0.4 is 0 Å². The van der Waals surface area contributed by atoms with Gasteiger partial charge in [-0.05, 0) is 35.9 Å². The third-order valence-corrected chi connectivity index (χ3v) is 4.50. The van der Waals surface area contributed by atoms with Crippen LogP contribution in [0.25, 0.3) is 32.6 Å². The number of rotatable bonds is 2. The lowest BCUT2D eigenvalue weighted by molar-refractivity contribution is 0.447. The highest BCUT2D eigenvalue weighted by atomic mass is 32.1. The molecule has 0 fully saturated rings. The van der Waals surface area contributed by atoms with Crippen LogP contribution in [0.3, 0.4) is 0 Å². The Balaban J connectivity index is 1.92. The maximum atomic E-state index is 13.6. The van der Waals surface area contributed by atoms with Gasteiger partial charge in [-0.2, -0.15) is 0 Å². The standard InChI is InChI=1S/C18H9F3N2S/c19-13-6-11(7-14(20)17(13)21)18-12(2-1-5-22-18)10-3-4-15-16(8-10)24-9-23-15/h1-9H. The van der Waals surface area contributed by atoms with E-state index >= 15 is 0 Å². The number of hydrogen-bond donors (Lipinski definition) is 0. The number of aromatic nitrogens is 2.